The number of nitrogens with zero attached hydrogens (tertiary/aromatic N) is 2. The molecule has 2 atom stereocenters. The maximum absolute atomic E-state index is 14.0. The van der Waals surface area contributed by atoms with E-state index in [1.54, 1.807) is 60.7 Å². The van der Waals surface area contributed by atoms with Gasteiger partial charge in [0, 0.05) is 24.0 Å². The van der Waals surface area contributed by atoms with Gasteiger partial charge in [-0.3, -0.25) is 19.2 Å². The molecule has 0 radical (unpaired) electrons. The van der Waals surface area contributed by atoms with E-state index >= 15 is 0 Å². The van der Waals surface area contributed by atoms with Crippen LogP contribution in [0.25, 0.3) is 0 Å². The van der Waals surface area contributed by atoms with Crippen molar-refractivity contribution in [2.45, 2.75) is 24.9 Å². The predicted octanol–water partition coefficient (Wildman–Crippen LogP) is 4.56. The van der Waals surface area contributed by atoms with E-state index in [0.29, 0.717) is 5.56 Å². The molecule has 6 heteroatoms. The van der Waals surface area contributed by atoms with E-state index in [4.69, 9.17) is 0 Å². The van der Waals surface area contributed by atoms with Crippen LogP contribution >= 0.6 is 0 Å². The molecule has 0 aromatic heterocycles. The number of amides is 4. The summed E-state index contributed by atoms with van der Waals surface area (Å²) in [4.78, 5) is 57.6. The molecule has 1 saturated heterocycles. The number of piperazine rings is 1. The van der Waals surface area contributed by atoms with Crippen molar-refractivity contribution in [3.8, 4) is 0 Å². The molecule has 6 nitrogen and oxygen atoms in total. The Hall–Kier alpha value is -4.84. The zero-order valence-corrected chi connectivity index (χ0v) is 20.6. The fourth-order valence-electron chi connectivity index (χ4n) is 4.83. The van der Waals surface area contributed by atoms with Gasteiger partial charge in [0.1, 0.15) is 12.1 Å². The van der Waals surface area contributed by atoms with Crippen molar-refractivity contribution in [3.05, 3.63) is 144 Å². The van der Waals surface area contributed by atoms with Gasteiger partial charge in [0.05, 0.1) is 0 Å². The van der Waals surface area contributed by atoms with Gasteiger partial charge in [0.15, 0.2) is 0 Å². The topological polar surface area (TPSA) is 74.8 Å². The molecular formula is C32H26N2O4. The number of hydrogen-bond acceptors (Lipinski definition) is 4. The molecule has 1 heterocycles. The van der Waals surface area contributed by atoms with Crippen molar-refractivity contribution in [1.29, 1.82) is 0 Å². The molecule has 1 aliphatic heterocycles. The first kappa shape index (κ1) is 24.8. The van der Waals surface area contributed by atoms with E-state index in [0.717, 1.165) is 16.0 Å². The Bertz CT molecular complexity index is 1380. The second-order valence-electron chi connectivity index (χ2n) is 9.17. The summed E-state index contributed by atoms with van der Waals surface area (Å²) < 4.78 is 0. The van der Waals surface area contributed by atoms with Crippen LogP contribution in [-0.2, 0) is 22.4 Å². The van der Waals surface area contributed by atoms with Gasteiger partial charge in [-0.05, 0) is 35.4 Å². The smallest absolute Gasteiger partial charge is 0.267 e. The molecule has 0 bridgehead atoms. The van der Waals surface area contributed by atoms with Gasteiger partial charge in [-0.1, -0.05) is 97.1 Å². The maximum Gasteiger partial charge on any atom is 0.267 e. The highest BCUT2D eigenvalue weighted by atomic mass is 16.2. The third-order valence-corrected chi connectivity index (χ3v) is 6.71. The van der Waals surface area contributed by atoms with Crippen LogP contribution < -0.4 is 0 Å². The Morgan fingerprint density at radius 1 is 0.500 bits per heavy atom. The normalized spacial score (nSPS) is 17.4. The lowest BCUT2D eigenvalue weighted by Crippen LogP contribution is -2.68. The van der Waals surface area contributed by atoms with E-state index in [-0.39, 0.29) is 18.4 Å². The minimum absolute atomic E-state index is 0.162. The van der Waals surface area contributed by atoms with Crippen LogP contribution in [0.4, 0.5) is 0 Å². The predicted molar refractivity (Wildman–Crippen MR) is 143 cm³/mol. The fourth-order valence-corrected chi connectivity index (χ4v) is 4.83. The van der Waals surface area contributed by atoms with Crippen LogP contribution in [-0.4, -0.2) is 45.5 Å². The van der Waals surface area contributed by atoms with Crippen LogP contribution in [0.3, 0.4) is 0 Å². The van der Waals surface area contributed by atoms with Crippen molar-refractivity contribution in [3.63, 3.8) is 0 Å². The molecule has 0 N–H and O–H groups in total. The average Bonchev–Trinajstić information content (AvgIpc) is 2.97. The summed E-state index contributed by atoms with van der Waals surface area (Å²) in [6.45, 7) is 0. The maximum atomic E-state index is 14.0. The van der Waals surface area contributed by atoms with E-state index in [1.165, 1.54) is 4.90 Å². The third-order valence-electron chi connectivity index (χ3n) is 6.71. The third kappa shape index (κ3) is 5.02. The second kappa shape index (κ2) is 11.0. The number of carbonyl (C=O) groups is 4. The summed E-state index contributed by atoms with van der Waals surface area (Å²) in [5.74, 6) is -2.54. The van der Waals surface area contributed by atoms with Gasteiger partial charge in [0.2, 0.25) is 0 Å². The molecule has 0 spiro atoms. The van der Waals surface area contributed by atoms with Crippen LogP contribution in [0, 0.1) is 0 Å². The first-order valence-electron chi connectivity index (χ1n) is 12.5. The molecule has 0 aliphatic carbocycles. The molecule has 4 aromatic rings. The number of imide groups is 3. The van der Waals surface area contributed by atoms with Gasteiger partial charge < -0.3 is 4.90 Å². The van der Waals surface area contributed by atoms with Crippen LogP contribution in [0.1, 0.15) is 31.8 Å². The Morgan fingerprint density at radius 3 is 1.24 bits per heavy atom. The van der Waals surface area contributed by atoms with E-state index in [9.17, 15) is 19.2 Å². The number of carbonyl (C=O) groups excluding carboxylic acids is 4. The summed E-state index contributed by atoms with van der Waals surface area (Å²) in [7, 11) is 0. The molecular weight excluding hydrogens is 476 g/mol. The molecule has 4 amide bonds. The lowest BCUT2D eigenvalue weighted by Gasteiger charge is -2.44. The summed E-state index contributed by atoms with van der Waals surface area (Å²) in [6, 6.07) is 33.4. The largest absolute Gasteiger partial charge is 0.314 e. The average molecular weight is 503 g/mol. The molecule has 2 unspecified atom stereocenters. The van der Waals surface area contributed by atoms with Gasteiger partial charge >= 0.3 is 0 Å². The number of hydrogen-bond donors (Lipinski definition) is 0. The van der Waals surface area contributed by atoms with Crippen LogP contribution in [0.15, 0.2) is 121 Å². The summed E-state index contributed by atoms with van der Waals surface area (Å²) in [6.07, 6.45) is 0.324. The monoisotopic (exact) mass is 502 g/mol. The number of rotatable bonds is 6. The second-order valence-corrected chi connectivity index (χ2v) is 9.17. The van der Waals surface area contributed by atoms with Crippen molar-refractivity contribution in [2.24, 2.45) is 0 Å². The van der Waals surface area contributed by atoms with Crippen LogP contribution in [0.2, 0.25) is 0 Å². The molecule has 188 valence electrons. The highest BCUT2D eigenvalue weighted by molar-refractivity contribution is 6.21. The first-order valence-corrected chi connectivity index (χ1v) is 12.5. The Morgan fingerprint density at radius 2 is 0.842 bits per heavy atom. The summed E-state index contributed by atoms with van der Waals surface area (Å²) >= 11 is 0. The molecule has 5 rings (SSSR count). The molecule has 38 heavy (non-hydrogen) atoms. The zero-order chi connectivity index (χ0) is 26.5. The SMILES string of the molecule is O=C(c1ccccc1)N1C(=O)C(Cc2ccccc2)N(C(=O)c2ccccc2)C(Cc2ccccc2)C1=O. The molecule has 1 fully saturated rings. The minimum atomic E-state index is -1.05. The van der Waals surface area contributed by atoms with E-state index < -0.39 is 35.7 Å². The van der Waals surface area contributed by atoms with Crippen LogP contribution in [0.5, 0.6) is 0 Å². The van der Waals surface area contributed by atoms with Gasteiger partial charge in [-0.15, -0.1) is 0 Å². The summed E-state index contributed by atoms with van der Waals surface area (Å²) in [5, 5.41) is 0. The van der Waals surface area contributed by atoms with Gasteiger partial charge in [-0.25, -0.2) is 4.90 Å². The van der Waals surface area contributed by atoms with E-state index in [2.05, 4.69) is 0 Å². The lowest BCUT2D eigenvalue weighted by atomic mass is 9.92. The standard InChI is InChI=1S/C32H26N2O4/c35-29(25-17-9-3-10-18-25)33-27(21-23-13-5-1-6-14-23)31(37)34(30(36)26-19-11-4-12-20-26)32(38)28(33)22-24-15-7-2-8-16-24/h1-20,27-28H,21-22H2. The Kier molecular flexibility index (Phi) is 7.22. The molecule has 0 saturated carbocycles. The van der Waals surface area contributed by atoms with Crippen molar-refractivity contribution in [1.82, 2.24) is 9.80 Å². The Labute approximate surface area is 221 Å². The van der Waals surface area contributed by atoms with E-state index in [1.807, 2.05) is 60.7 Å². The number of benzene rings is 4. The van der Waals surface area contributed by atoms with Gasteiger partial charge in [0.25, 0.3) is 23.6 Å². The first-order chi connectivity index (χ1) is 18.5. The summed E-state index contributed by atoms with van der Waals surface area (Å²) in [5.41, 5.74) is 2.23. The highest BCUT2D eigenvalue weighted by Gasteiger charge is 2.51. The van der Waals surface area contributed by atoms with Crippen molar-refractivity contribution < 1.29 is 19.2 Å². The quantitative estimate of drug-likeness (QED) is 0.362. The fraction of sp³-hybridized carbons (Fsp3) is 0.125. The lowest BCUT2D eigenvalue weighted by molar-refractivity contribution is -0.154. The molecule has 1 aliphatic rings. The Balaban J connectivity index is 1.63. The van der Waals surface area contributed by atoms with Gasteiger partial charge in [-0.2, -0.15) is 0 Å². The molecule has 4 aromatic carbocycles. The zero-order valence-electron chi connectivity index (χ0n) is 20.6. The highest BCUT2D eigenvalue weighted by Crippen LogP contribution is 2.28. The minimum Gasteiger partial charge on any atom is -0.314 e. The van der Waals surface area contributed by atoms with Crippen molar-refractivity contribution in [2.75, 3.05) is 0 Å². The van der Waals surface area contributed by atoms with Crippen molar-refractivity contribution >= 4 is 23.6 Å².